The zero-order valence-corrected chi connectivity index (χ0v) is 20.3. The van der Waals surface area contributed by atoms with Gasteiger partial charge in [0.2, 0.25) is 5.91 Å². The van der Waals surface area contributed by atoms with Gasteiger partial charge >= 0.3 is 6.18 Å². The van der Waals surface area contributed by atoms with E-state index in [4.69, 9.17) is 0 Å². The molecule has 1 aromatic rings. The normalized spacial score (nSPS) is 20.1. The molecule has 35 heavy (non-hydrogen) atoms. The summed E-state index contributed by atoms with van der Waals surface area (Å²) in [4.78, 5) is 16.7. The van der Waals surface area contributed by atoms with E-state index in [1.54, 1.807) is 0 Å². The maximum atomic E-state index is 13.3. The van der Waals surface area contributed by atoms with E-state index in [-0.39, 0.29) is 31.2 Å². The van der Waals surface area contributed by atoms with Gasteiger partial charge in [0.1, 0.15) is 5.82 Å². The molecule has 0 unspecified atom stereocenters. The van der Waals surface area contributed by atoms with E-state index in [0.717, 1.165) is 22.3 Å². The highest BCUT2D eigenvalue weighted by Gasteiger charge is 2.63. The topological polar surface area (TPSA) is 47.6 Å². The van der Waals surface area contributed by atoms with Crippen molar-refractivity contribution < 1.29 is 18.0 Å². The fourth-order valence-electron chi connectivity index (χ4n) is 4.83. The summed E-state index contributed by atoms with van der Waals surface area (Å²) in [6, 6.07) is 6.20. The summed E-state index contributed by atoms with van der Waals surface area (Å²) in [6.45, 7) is 5.38. The zero-order chi connectivity index (χ0) is 25.2. The van der Waals surface area contributed by atoms with Gasteiger partial charge in [0.05, 0.1) is 5.41 Å². The molecular weight excluding hydrogens is 453 g/mol. The Morgan fingerprint density at radius 1 is 1.31 bits per heavy atom. The van der Waals surface area contributed by atoms with E-state index >= 15 is 0 Å². The molecule has 2 N–H and O–H groups in total. The Balaban J connectivity index is 1.37. The maximum absolute atomic E-state index is 13.3. The number of likely N-dealkylation sites (tertiary alicyclic amines) is 1. The minimum atomic E-state index is -4.14. The molecule has 1 saturated heterocycles. The Morgan fingerprint density at radius 2 is 2.03 bits per heavy atom. The first-order valence-corrected chi connectivity index (χ1v) is 12.0. The molecule has 0 spiro atoms. The number of halogens is 3. The summed E-state index contributed by atoms with van der Waals surface area (Å²) in [5.41, 5.74) is 5.48. The number of piperidine rings is 1. The highest BCUT2D eigenvalue weighted by molar-refractivity contribution is 5.82. The fraction of sp³-hybridized carbons (Fsp3) is 0.481. The summed E-state index contributed by atoms with van der Waals surface area (Å²) < 4.78 is 39.8. The van der Waals surface area contributed by atoms with E-state index in [1.165, 1.54) is 0 Å². The third-order valence-corrected chi connectivity index (χ3v) is 7.10. The Morgan fingerprint density at radius 3 is 2.63 bits per heavy atom. The van der Waals surface area contributed by atoms with Crippen LogP contribution in [-0.4, -0.2) is 55.6 Å². The van der Waals surface area contributed by atoms with Gasteiger partial charge in [-0.05, 0) is 73.7 Å². The molecule has 0 aromatic heterocycles. The highest BCUT2D eigenvalue weighted by atomic mass is 19.4. The van der Waals surface area contributed by atoms with Crippen molar-refractivity contribution in [3.05, 3.63) is 65.3 Å². The molecule has 1 aromatic carbocycles. The molecule has 2 fully saturated rings. The molecule has 4 rings (SSSR count). The van der Waals surface area contributed by atoms with Crippen LogP contribution in [0.3, 0.4) is 0 Å². The van der Waals surface area contributed by atoms with E-state index in [1.807, 2.05) is 42.2 Å². The van der Waals surface area contributed by atoms with Gasteiger partial charge in [-0.25, -0.2) is 0 Å². The number of rotatable bonds is 7. The number of allylic oxidation sites excluding steroid dienone is 2. The first-order chi connectivity index (χ1) is 16.6. The number of nitrogens with zero attached hydrogens (tertiary/aromatic N) is 2. The Labute approximate surface area is 205 Å². The van der Waals surface area contributed by atoms with Crippen LogP contribution in [0.25, 0.3) is 11.6 Å². The van der Waals surface area contributed by atoms with Gasteiger partial charge in [-0.2, -0.15) is 13.2 Å². The van der Waals surface area contributed by atoms with E-state index < -0.39 is 11.6 Å². The molecule has 1 amide bonds. The van der Waals surface area contributed by atoms with Crippen LogP contribution in [0, 0.1) is 11.3 Å². The molecule has 0 radical (unpaired) electrons. The predicted octanol–water partition coefficient (Wildman–Crippen LogP) is 4.50. The van der Waals surface area contributed by atoms with Gasteiger partial charge in [0, 0.05) is 44.9 Å². The molecule has 3 aliphatic rings. The van der Waals surface area contributed by atoms with Crippen LogP contribution < -0.4 is 10.6 Å². The van der Waals surface area contributed by atoms with Crippen molar-refractivity contribution in [2.75, 3.05) is 33.7 Å². The van der Waals surface area contributed by atoms with Gasteiger partial charge in [0.25, 0.3) is 0 Å². The number of alkyl halides is 3. The number of carbonyl (C=O) groups excluding carboxylic acids is 1. The van der Waals surface area contributed by atoms with Crippen molar-refractivity contribution in [3.63, 3.8) is 0 Å². The van der Waals surface area contributed by atoms with Gasteiger partial charge in [-0.1, -0.05) is 18.7 Å². The van der Waals surface area contributed by atoms with Crippen molar-refractivity contribution in [1.82, 2.24) is 20.4 Å². The first kappa shape index (κ1) is 25.1. The lowest BCUT2D eigenvalue weighted by Gasteiger charge is -2.34. The second-order valence-corrected chi connectivity index (χ2v) is 10.0. The monoisotopic (exact) mass is 486 g/mol. The average Bonchev–Trinajstić information content (AvgIpc) is 3.59. The summed E-state index contributed by atoms with van der Waals surface area (Å²) in [7, 11) is 3.91. The lowest BCUT2D eigenvalue weighted by atomic mass is 9.94. The predicted molar refractivity (Wildman–Crippen MR) is 132 cm³/mol. The molecule has 8 heteroatoms. The van der Waals surface area contributed by atoms with Gasteiger partial charge < -0.3 is 20.4 Å². The molecule has 5 nitrogen and oxygen atoms in total. The van der Waals surface area contributed by atoms with Crippen LogP contribution >= 0.6 is 0 Å². The second kappa shape index (κ2) is 9.96. The van der Waals surface area contributed by atoms with E-state index in [0.29, 0.717) is 38.3 Å². The largest absolute Gasteiger partial charge is 0.395 e. The summed E-state index contributed by atoms with van der Waals surface area (Å²) in [5, 5.41) is 6.25. The van der Waals surface area contributed by atoms with E-state index in [9.17, 15) is 18.0 Å². The molecule has 188 valence electrons. The minimum absolute atomic E-state index is 0.0575. The van der Waals surface area contributed by atoms with Crippen LogP contribution in [-0.2, 0) is 11.3 Å². The summed E-state index contributed by atoms with van der Waals surface area (Å²) in [6.07, 6.45) is 3.20. The number of nitrogens with one attached hydrogen (secondary N) is 2. The lowest BCUT2D eigenvalue weighted by Crippen LogP contribution is -2.45. The van der Waals surface area contributed by atoms with Gasteiger partial charge in [-0.3, -0.25) is 4.79 Å². The lowest BCUT2D eigenvalue weighted by molar-refractivity contribution is -0.192. The average molecular weight is 487 g/mol. The molecule has 0 bridgehead atoms. The summed E-state index contributed by atoms with van der Waals surface area (Å²) >= 11 is 0. The van der Waals surface area contributed by atoms with Crippen molar-refractivity contribution in [2.45, 2.75) is 38.4 Å². The number of carbonyl (C=O) groups is 1. The van der Waals surface area contributed by atoms with Crippen molar-refractivity contribution in [2.24, 2.45) is 11.3 Å². The molecular formula is C27H33F3N4O. The fourth-order valence-corrected chi connectivity index (χ4v) is 4.83. The third-order valence-electron chi connectivity index (χ3n) is 7.10. The number of hydrogen-bond donors (Lipinski definition) is 2. The van der Waals surface area contributed by atoms with E-state index in [2.05, 4.69) is 41.1 Å². The van der Waals surface area contributed by atoms with Crippen molar-refractivity contribution in [1.29, 1.82) is 0 Å². The van der Waals surface area contributed by atoms with Crippen LogP contribution in [0.1, 0.15) is 42.4 Å². The number of amides is 1. The van der Waals surface area contributed by atoms with Crippen LogP contribution in [0.2, 0.25) is 0 Å². The van der Waals surface area contributed by atoms with Crippen molar-refractivity contribution >= 4 is 17.6 Å². The van der Waals surface area contributed by atoms with Crippen molar-refractivity contribution in [3.8, 4) is 0 Å². The van der Waals surface area contributed by atoms with Crippen LogP contribution in [0.15, 0.2) is 48.6 Å². The minimum Gasteiger partial charge on any atom is -0.383 e. The molecule has 0 atom stereocenters. The first-order valence-electron chi connectivity index (χ1n) is 12.0. The molecule has 2 aliphatic heterocycles. The smallest absolute Gasteiger partial charge is 0.383 e. The summed E-state index contributed by atoms with van der Waals surface area (Å²) in [5.74, 6) is 0.367. The van der Waals surface area contributed by atoms with Gasteiger partial charge in [-0.15, -0.1) is 5.73 Å². The molecule has 1 aliphatic carbocycles. The zero-order valence-electron chi connectivity index (χ0n) is 20.3. The number of hydrogen-bond acceptors (Lipinski definition) is 4. The second-order valence-electron chi connectivity index (χ2n) is 10.0. The number of fused-ring (bicyclic) bond motifs is 1. The Hall–Kier alpha value is -2.96. The maximum Gasteiger partial charge on any atom is 0.395 e. The standard InChI is InChI=1S/C27H33F3N4O/c1-4-5-22(17-33(2)3)20-6-7-21-16-31-24(15-23(21)14-20)32-25(35)19-8-12-34(13-9-19)18-26(10-11-26)27(28,29)30/h5-7,14-15,17,19,31H,1,8-13,16,18H2,2-3H3,(H,32,35)/b22-17+. The Bertz CT molecular complexity index is 1070. The molecule has 2 heterocycles. The SMILES string of the molecule is C=C=C/C(=C\N(C)C)c1ccc2c(c1)C=C(NC(=O)C1CCN(CC3(C(F)(F)F)CC3)CC1)NC2. The number of benzene rings is 1. The van der Waals surface area contributed by atoms with Crippen LogP contribution in [0.5, 0.6) is 0 Å². The quantitative estimate of drug-likeness (QED) is 0.440. The highest BCUT2D eigenvalue weighted by Crippen LogP contribution is 2.58. The van der Waals surface area contributed by atoms with Gasteiger partial charge in [0.15, 0.2) is 0 Å². The Kier molecular flexibility index (Phi) is 7.15. The third kappa shape index (κ3) is 5.82. The molecule has 1 saturated carbocycles. The van der Waals surface area contributed by atoms with Crippen LogP contribution in [0.4, 0.5) is 13.2 Å².